The predicted octanol–water partition coefficient (Wildman–Crippen LogP) is 4.70. The Morgan fingerprint density at radius 3 is 2.45 bits per heavy atom. The maximum Gasteiger partial charge on any atom is 0.283 e. The molecule has 2 aromatic heterocycles. The standard InChI is InChI=1S/C27H23ClF3N5O4/c1-3-21(23(37)9-14-4-6-16(27(32)39)19(29)8-14)35-13-24(40-2)18(11-25(35)38)17-10-15(28)5-7-22(17)36-12-20(26(30)31)33-34-36/h4-8,10-13,21,26H,3,9H2,1-2H3,(H2,32,39)/t21-/m0/s1. The zero-order valence-corrected chi connectivity index (χ0v) is 22.0. The maximum atomic E-state index is 14.2. The van der Waals surface area contributed by atoms with Crippen molar-refractivity contribution in [3.8, 4) is 22.6 Å². The minimum absolute atomic E-state index is 0.195. The van der Waals surface area contributed by atoms with E-state index in [1.54, 1.807) is 6.92 Å². The fourth-order valence-corrected chi connectivity index (χ4v) is 4.50. The first-order valence-electron chi connectivity index (χ1n) is 12.0. The van der Waals surface area contributed by atoms with Crippen LogP contribution in [0.1, 0.15) is 47.4 Å². The average molecular weight is 574 g/mol. The second kappa shape index (κ2) is 11.7. The molecule has 2 aromatic carbocycles. The molecule has 0 radical (unpaired) electrons. The monoisotopic (exact) mass is 573 g/mol. The van der Waals surface area contributed by atoms with E-state index in [9.17, 15) is 27.6 Å². The van der Waals surface area contributed by atoms with E-state index in [0.717, 1.165) is 16.9 Å². The van der Waals surface area contributed by atoms with Crippen molar-refractivity contribution in [2.45, 2.75) is 32.2 Å². The van der Waals surface area contributed by atoms with Crippen LogP contribution in [0.4, 0.5) is 13.2 Å². The van der Waals surface area contributed by atoms with Gasteiger partial charge in [-0.15, -0.1) is 5.10 Å². The normalized spacial score (nSPS) is 12.0. The minimum atomic E-state index is -2.83. The van der Waals surface area contributed by atoms with E-state index in [0.29, 0.717) is 21.8 Å². The van der Waals surface area contributed by atoms with Gasteiger partial charge in [-0.3, -0.25) is 14.4 Å². The highest BCUT2D eigenvalue weighted by Crippen LogP contribution is 2.35. The van der Waals surface area contributed by atoms with Crippen molar-refractivity contribution >= 4 is 23.3 Å². The molecular formula is C27H23ClF3N5O4. The number of nitrogens with zero attached hydrogens (tertiary/aromatic N) is 4. The lowest BCUT2D eigenvalue weighted by molar-refractivity contribution is -0.121. The summed E-state index contributed by atoms with van der Waals surface area (Å²) in [6.45, 7) is 1.71. The third-order valence-electron chi connectivity index (χ3n) is 6.27. The third-order valence-corrected chi connectivity index (χ3v) is 6.50. The first-order valence-corrected chi connectivity index (χ1v) is 12.3. The van der Waals surface area contributed by atoms with Crippen LogP contribution in [0, 0.1) is 5.82 Å². The van der Waals surface area contributed by atoms with E-state index < -0.39 is 35.4 Å². The first kappa shape index (κ1) is 28.6. The number of nitrogens with two attached hydrogens (primary N) is 1. The van der Waals surface area contributed by atoms with Gasteiger partial charge in [-0.2, -0.15) is 0 Å². The molecule has 13 heteroatoms. The number of amides is 1. The number of hydrogen-bond acceptors (Lipinski definition) is 6. The van der Waals surface area contributed by atoms with Crippen molar-refractivity contribution in [2.24, 2.45) is 5.73 Å². The number of methoxy groups -OCH3 is 1. The number of primary amides is 1. The van der Waals surface area contributed by atoms with Gasteiger partial charge >= 0.3 is 0 Å². The molecule has 0 bridgehead atoms. The second-order valence-electron chi connectivity index (χ2n) is 8.80. The van der Waals surface area contributed by atoms with E-state index in [-0.39, 0.29) is 35.5 Å². The number of carbonyl (C=O) groups is 2. The highest BCUT2D eigenvalue weighted by Gasteiger charge is 2.24. The average Bonchev–Trinajstić information content (AvgIpc) is 3.40. The Balaban J connectivity index is 1.73. The lowest BCUT2D eigenvalue weighted by atomic mass is 9.99. The lowest BCUT2D eigenvalue weighted by Gasteiger charge is -2.20. The van der Waals surface area contributed by atoms with Crippen molar-refractivity contribution in [3.05, 3.63) is 92.9 Å². The fraction of sp³-hybridized carbons (Fsp3) is 0.222. The largest absolute Gasteiger partial charge is 0.495 e. The molecule has 1 atom stereocenters. The van der Waals surface area contributed by atoms with E-state index >= 15 is 0 Å². The predicted molar refractivity (Wildman–Crippen MR) is 141 cm³/mol. The molecule has 0 saturated heterocycles. The highest BCUT2D eigenvalue weighted by molar-refractivity contribution is 6.31. The van der Waals surface area contributed by atoms with Crippen LogP contribution in [0.15, 0.2) is 59.7 Å². The van der Waals surface area contributed by atoms with Gasteiger partial charge in [-0.1, -0.05) is 29.8 Å². The van der Waals surface area contributed by atoms with Gasteiger partial charge in [0.2, 0.25) is 0 Å². The number of ether oxygens (including phenoxy) is 1. The molecule has 9 nitrogen and oxygen atoms in total. The SMILES string of the molecule is CC[C@@H](C(=O)Cc1ccc(C(N)=O)c(F)c1)n1cc(OC)c(-c2cc(Cl)ccc2-n2cc(C(F)F)nn2)cc1=O. The number of aromatic nitrogens is 4. The number of Topliss-reactive ketones (excluding diaryl/α,β-unsaturated/α-hetero) is 1. The highest BCUT2D eigenvalue weighted by atomic mass is 35.5. The molecule has 208 valence electrons. The molecule has 0 aliphatic carbocycles. The molecule has 4 aromatic rings. The van der Waals surface area contributed by atoms with Crippen molar-refractivity contribution in [1.82, 2.24) is 19.6 Å². The fourth-order valence-electron chi connectivity index (χ4n) is 4.33. The Hall–Kier alpha value is -4.45. The summed E-state index contributed by atoms with van der Waals surface area (Å²) in [6.07, 6.45) is -0.361. The van der Waals surface area contributed by atoms with Gasteiger partial charge in [0, 0.05) is 28.6 Å². The molecule has 4 rings (SSSR count). The summed E-state index contributed by atoms with van der Waals surface area (Å²) in [7, 11) is 1.37. The van der Waals surface area contributed by atoms with Crippen molar-refractivity contribution in [2.75, 3.05) is 7.11 Å². The Morgan fingerprint density at radius 1 is 1.10 bits per heavy atom. The molecule has 0 aliphatic rings. The van der Waals surface area contributed by atoms with Gasteiger partial charge in [-0.25, -0.2) is 17.9 Å². The molecule has 0 unspecified atom stereocenters. The molecule has 2 heterocycles. The zero-order chi connectivity index (χ0) is 29.1. The van der Waals surface area contributed by atoms with Gasteiger partial charge in [0.1, 0.15) is 17.3 Å². The van der Waals surface area contributed by atoms with Crippen molar-refractivity contribution in [1.29, 1.82) is 0 Å². The molecule has 0 saturated carbocycles. The van der Waals surface area contributed by atoms with Gasteiger partial charge in [0.05, 0.1) is 36.8 Å². The number of pyridine rings is 1. The second-order valence-corrected chi connectivity index (χ2v) is 9.23. The molecule has 0 fully saturated rings. The van der Waals surface area contributed by atoms with Gasteiger partial charge in [0.15, 0.2) is 5.78 Å². The molecule has 40 heavy (non-hydrogen) atoms. The summed E-state index contributed by atoms with van der Waals surface area (Å²) in [5.41, 5.74) is 5.00. The summed E-state index contributed by atoms with van der Waals surface area (Å²) >= 11 is 6.22. The van der Waals surface area contributed by atoms with E-state index in [2.05, 4.69) is 10.3 Å². The van der Waals surface area contributed by atoms with Crippen LogP contribution in [-0.2, 0) is 11.2 Å². The van der Waals surface area contributed by atoms with Crippen LogP contribution in [0.25, 0.3) is 16.8 Å². The van der Waals surface area contributed by atoms with E-state index in [1.165, 1.54) is 54.3 Å². The zero-order valence-electron chi connectivity index (χ0n) is 21.3. The number of halogens is 4. The van der Waals surface area contributed by atoms with Gasteiger partial charge in [-0.05, 0) is 42.3 Å². The molecule has 0 aliphatic heterocycles. The number of alkyl halides is 2. The summed E-state index contributed by atoms with van der Waals surface area (Å²) in [5.74, 6) is -1.96. The number of ketones is 1. The summed E-state index contributed by atoms with van der Waals surface area (Å²) in [5, 5.41) is 7.55. The molecule has 2 N–H and O–H groups in total. The number of hydrogen-bond donors (Lipinski definition) is 1. The Kier molecular flexibility index (Phi) is 8.38. The number of rotatable bonds is 10. The summed E-state index contributed by atoms with van der Waals surface area (Å²) < 4.78 is 48.3. The molecular weight excluding hydrogens is 551 g/mol. The topological polar surface area (TPSA) is 122 Å². The van der Waals surface area contributed by atoms with Crippen LogP contribution in [0.3, 0.4) is 0 Å². The Labute approximate surface area is 230 Å². The number of carbonyl (C=O) groups excluding carboxylic acids is 2. The smallest absolute Gasteiger partial charge is 0.283 e. The molecule has 1 amide bonds. The van der Waals surface area contributed by atoms with Crippen LogP contribution < -0.4 is 16.0 Å². The first-order chi connectivity index (χ1) is 19.0. The van der Waals surface area contributed by atoms with Crippen LogP contribution >= 0.6 is 11.6 Å². The van der Waals surface area contributed by atoms with Crippen LogP contribution in [0.5, 0.6) is 5.75 Å². The Morgan fingerprint density at radius 2 is 1.85 bits per heavy atom. The third kappa shape index (κ3) is 5.76. The van der Waals surface area contributed by atoms with Crippen LogP contribution in [-0.4, -0.2) is 38.4 Å². The summed E-state index contributed by atoms with van der Waals surface area (Å²) in [6, 6.07) is 8.59. The van der Waals surface area contributed by atoms with Crippen molar-refractivity contribution < 1.29 is 27.5 Å². The quantitative estimate of drug-likeness (QED) is 0.293. The van der Waals surface area contributed by atoms with Crippen LogP contribution in [0.2, 0.25) is 5.02 Å². The minimum Gasteiger partial charge on any atom is -0.495 e. The maximum absolute atomic E-state index is 14.2. The van der Waals surface area contributed by atoms with Crippen molar-refractivity contribution in [3.63, 3.8) is 0 Å². The van der Waals surface area contributed by atoms with Gasteiger partial charge in [0.25, 0.3) is 17.9 Å². The summed E-state index contributed by atoms with van der Waals surface area (Å²) in [4.78, 5) is 37.8. The number of benzene rings is 2. The van der Waals surface area contributed by atoms with E-state index in [4.69, 9.17) is 22.1 Å². The lowest BCUT2D eigenvalue weighted by Crippen LogP contribution is -2.30. The Bertz CT molecular complexity index is 1650. The van der Waals surface area contributed by atoms with E-state index in [1.807, 2.05) is 0 Å². The molecule has 0 spiro atoms. The van der Waals surface area contributed by atoms with Gasteiger partial charge < -0.3 is 15.0 Å².